The molecule has 0 radical (unpaired) electrons. The first kappa shape index (κ1) is 14.5. The van der Waals surface area contributed by atoms with Gasteiger partial charge in [-0.1, -0.05) is 27.5 Å². The number of nitrogens with two attached hydrogens (primary N) is 1. The Labute approximate surface area is 142 Å². The lowest BCUT2D eigenvalue weighted by Crippen LogP contribution is -2.01. The second-order valence-corrected chi connectivity index (χ2v) is 6.42. The van der Waals surface area contributed by atoms with Crippen LogP contribution < -0.4 is 5.73 Å². The third-order valence-electron chi connectivity index (χ3n) is 2.87. The number of tetrazole rings is 1. The normalized spacial score (nSPS) is 10.8. The van der Waals surface area contributed by atoms with Crippen molar-refractivity contribution in [3.05, 3.63) is 50.4 Å². The third kappa shape index (κ3) is 2.81. The summed E-state index contributed by atoms with van der Waals surface area (Å²) in [5.74, 6) is 0.583. The van der Waals surface area contributed by atoms with Crippen LogP contribution in [0, 0.1) is 0 Å². The molecule has 21 heavy (non-hydrogen) atoms. The van der Waals surface area contributed by atoms with Crippen molar-refractivity contribution < 1.29 is 0 Å². The van der Waals surface area contributed by atoms with Gasteiger partial charge >= 0.3 is 0 Å². The van der Waals surface area contributed by atoms with Crippen LogP contribution in [-0.2, 0) is 0 Å². The second-order valence-electron chi connectivity index (χ2n) is 4.25. The lowest BCUT2D eigenvalue weighted by Gasteiger charge is -2.08. The number of aromatic nitrogens is 4. The molecule has 3 aromatic rings. The zero-order chi connectivity index (χ0) is 15.0. The molecule has 0 unspecified atom stereocenters. The van der Waals surface area contributed by atoms with Gasteiger partial charge in [0.25, 0.3) is 0 Å². The quantitative estimate of drug-likeness (QED) is 0.623. The second kappa shape index (κ2) is 5.75. The van der Waals surface area contributed by atoms with Crippen molar-refractivity contribution in [3.8, 4) is 17.1 Å². The van der Waals surface area contributed by atoms with Crippen LogP contribution in [-0.4, -0.2) is 20.2 Å². The van der Waals surface area contributed by atoms with Crippen LogP contribution in [0.4, 0.5) is 5.69 Å². The highest BCUT2D eigenvalue weighted by atomic mass is 79.9. The van der Waals surface area contributed by atoms with Gasteiger partial charge in [-0.15, -0.1) is 5.10 Å². The Kier molecular flexibility index (Phi) is 3.97. The molecule has 2 aromatic carbocycles. The lowest BCUT2D eigenvalue weighted by atomic mass is 10.2. The van der Waals surface area contributed by atoms with E-state index >= 15 is 0 Å². The van der Waals surface area contributed by atoms with E-state index in [2.05, 4.69) is 47.4 Å². The van der Waals surface area contributed by atoms with Gasteiger partial charge in [0.1, 0.15) is 0 Å². The third-order valence-corrected chi connectivity index (χ3v) is 4.32. The molecule has 0 bridgehead atoms. The van der Waals surface area contributed by atoms with Crippen LogP contribution >= 0.6 is 43.5 Å². The molecular formula is C13H8Br2ClN5. The molecular weight excluding hydrogens is 421 g/mol. The van der Waals surface area contributed by atoms with Gasteiger partial charge in [0.15, 0.2) is 5.82 Å². The lowest BCUT2D eigenvalue weighted by molar-refractivity contribution is 0.789. The number of hydrogen-bond acceptors (Lipinski definition) is 4. The Bertz CT molecular complexity index is 818. The smallest absolute Gasteiger partial charge is 0.187 e. The van der Waals surface area contributed by atoms with E-state index in [0.717, 1.165) is 20.2 Å². The topological polar surface area (TPSA) is 69.6 Å². The van der Waals surface area contributed by atoms with E-state index in [-0.39, 0.29) is 0 Å². The van der Waals surface area contributed by atoms with Gasteiger partial charge in [0, 0.05) is 14.5 Å². The molecule has 0 saturated heterocycles. The fourth-order valence-corrected chi connectivity index (χ4v) is 3.24. The SMILES string of the molecule is Nc1ccc(-c2nnnn2-c2ccc(Br)cc2Br)cc1Cl. The molecule has 1 aromatic heterocycles. The molecule has 2 N–H and O–H groups in total. The molecule has 0 amide bonds. The van der Waals surface area contributed by atoms with Crippen LogP contribution in [0.3, 0.4) is 0 Å². The number of anilines is 1. The minimum atomic E-state index is 0.469. The van der Waals surface area contributed by atoms with Crippen LogP contribution in [0.1, 0.15) is 0 Å². The number of halogens is 3. The van der Waals surface area contributed by atoms with E-state index in [9.17, 15) is 0 Å². The molecule has 5 nitrogen and oxygen atoms in total. The molecule has 106 valence electrons. The Morgan fingerprint density at radius 1 is 1.10 bits per heavy atom. The molecule has 0 aliphatic heterocycles. The number of nitrogens with zero attached hydrogens (tertiary/aromatic N) is 4. The van der Waals surface area contributed by atoms with Gasteiger partial charge in [-0.25, -0.2) is 0 Å². The standard InChI is InChI=1S/C13H8Br2ClN5/c14-8-2-4-12(9(15)6-8)21-13(18-19-20-21)7-1-3-11(17)10(16)5-7/h1-6H,17H2. The summed E-state index contributed by atoms with van der Waals surface area (Å²) in [5.41, 5.74) is 7.86. The highest BCUT2D eigenvalue weighted by molar-refractivity contribution is 9.11. The van der Waals surface area contributed by atoms with Crippen molar-refractivity contribution in [3.63, 3.8) is 0 Å². The number of benzene rings is 2. The Morgan fingerprint density at radius 3 is 2.62 bits per heavy atom. The summed E-state index contributed by atoms with van der Waals surface area (Å²) in [6, 6.07) is 11.1. The van der Waals surface area contributed by atoms with E-state index < -0.39 is 0 Å². The average Bonchev–Trinajstić information content (AvgIpc) is 2.91. The van der Waals surface area contributed by atoms with Gasteiger partial charge in [-0.2, -0.15) is 4.68 Å². The van der Waals surface area contributed by atoms with Crippen molar-refractivity contribution in [1.29, 1.82) is 0 Å². The monoisotopic (exact) mass is 427 g/mol. The Balaban J connectivity index is 2.14. The van der Waals surface area contributed by atoms with Gasteiger partial charge in [0.05, 0.1) is 16.4 Å². The zero-order valence-corrected chi connectivity index (χ0v) is 14.4. The molecule has 0 atom stereocenters. The van der Waals surface area contributed by atoms with Gasteiger partial charge in [-0.05, 0) is 62.8 Å². The van der Waals surface area contributed by atoms with Gasteiger partial charge in [-0.3, -0.25) is 0 Å². The van der Waals surface area contributed by atoms with Gasteiger partial charge < -0.3 is 5.73 Å². The van der Waals surface area contributed by atoms with Crippen LogP contribution in [0.25, 0.3) is 17.1 Å². The summed E-state index contributed by atoms with van der Waals surface area (Å²) in [4.78, 5) is 0. The van der Waals surface area contributed by atoms with E-state index in [1.807, 2.05) is 24.3 Å². The first-order valence-electron chi connectivity index (χ1n) is 5.85. The highest BCUT2D eigenvalue weighted by Gasteiger charge is 2.14. The van der Waals surface area contributed by atoms with Crippen LogP contribution in [0.2, 0.25) is 5.02 Å². The molecule has 0 aliphatic rings. The fraction of sp³-hybridized carbons (Fsp3) is 0. The largest absolute Gasteiger partial charge is 0.398 e. The first-order chi connectivity index (χ1) is 10.1. The number of hydrogen-bond donors (Lipinski definition) is 1. The minimum absolute atomic E-state index is 0.469. The predicted octanol–water partition coefficient (Wildman–Crippen LogP) is 4.09. The molecule has 0 fully saturated rings. The van der Waals surface area contributed by atoms with Crippen LogP contribution in [0.15, 0.2) is 45.3 Å². The van der Waals surface area contributed by atoms with Crippen molar-refractivity contribution in [2.75, 3.05) is 5.73 Å². The van der Waals surface area contributed by atoms with Crippen molar-refractivity contribution in [2.24, 2.45) is 0 Å². The molecule has 3 rings (SSSR count). The minimum Gasteiger partial charge on any atom is -0.398 e. The molecule has 0 saturated carbocycles. The van der Waals surface area contributed by atoms with E-state index in [1.54, 1.807) is 16.8 Å². The van der Waals surface area contributed by atoms with Crippen molar-refractivity contribution in [1.82, 2.24) is 20.2 Å². The molecule has 1 heterocycles. The van der Waals surface area contributed by atoms with Crippen molar-refractivity contribution >= 4 is 49.1 Å². The molecule has 0 aliphatic carbocycles. The number of nitrogen functional groups attached to an aromatic ring is 1. The van der Waals surface area contributed by atoms with Crippen LogP contribution in [0.5, 0.6) is 0 Å². The van der Waals surface area contributed by atoms with Crippen molar-refractivity contribution in [2.45, 2.75) is 0 Å². The average molecular weight is 430 g/mol. The predicted molar refractivity (Wildman–Crippen MR) is 89.4 cm³/mol. The summed E-state index contributed by atoms with van der Waals surface area (Å²) in [6.45, 7) is 0. The summed E-state index contributed by atoms with van der Waals surface area (Å²) >= 11 is 13.0. The Hall–Kier alpha value is -1.44. The summed E-state index contributed by atoms with van der Waals surface area (Å²) in [6.07, 6.45) is 0. The molecule has 8 heteroatoms. The van der Waals surface area contributed by atoms with E-state index in [4.69, 9.17) is 17.3 Å². The molecule has 0 spiro atoms. The maximum Gasteiger partial charge on any atom is 0.187 e. The van der Waals surface area contributed by atoms with E-state index in [0.29, 0.717) is 16.5 Å². The van der Waals surface area contributed by atoms with E-state index in [1.165, 1.54) is 0 Å². The fourth-order valence-electron chi connectivity index (χ4n) is 1.85. The number of rotatable bonds is 2. The highest BCUT2D eigenvalue weighted by Crippen LogP contribution is 2.30. The maximum atomic E-state index is 6.06. The zero-order valence-electron chi connectivity index (χ0n) is 10.5. The summed E-state index contributed by atoms with van der Waals surface area (Å²) < 4.78 is 3.47. The van der Waals surface area contributed by atoms with Gasteiger partial charge in [0.2, 0.25) is 0 Å². The summed E-state index contributed by atoms with van der Waals surface area (Å²) in [5, 5.41) is 12.3. The summed E-state index contributed by atoms with van der Waals surface area (Å²) in [7, 11) is 0. The Morgan fingerprint density at radius 2 is 1.90 bits per heavy atom. The maximum absolute atomic E-state index is 6.06. The first-order valence-corrected chi connectivity index (χ1v) is 7.82.